The van der Waals surface area contributed by atoms with Crippen molar-refractivity contribution in [3.8, 4) is 11.3 Å². The lowest BCUT2D eigenvalue weighted by molar-refractivity contribution is 0.373. The van der Waals surface area contributed by atoms with Crippen molar-refractivity contribution in [2.24, 2.45) is 5.92 Å². The monoisotopic (exact) mass is 285 g/mol. The number of aromatic nitrogens is 4. The fourth-order valence-electron chi connectivity index (χ4n) is 2.79. The molecule has 3 rings (SSSR count). The molecule has 1 saturated heterocycles. The Morgan fingerprint density at radius 1 is 1.33 bits per heavy atom. The molecule has 0 amide bonds. The Hall–Kier alpha value is -1.75. The Balaban J connectivity index is 1.75. The van der Waals surface area contributed by atoms with Gasteiger partial charge in [0.1, 0.15) is 0 Å². The van der Waals surface area contributed by atoms with Gasteiger partial charge in [-0.05, 0) is 52.1 Å². The summed E-state index contributed by atoms with van der Waals surface area (Å²) in [5, 5.41) is 7.83. The van der Waals surface area contributed by atoms with Gasteiger partial charge in [0, 0.05) is 24.0 Å². The Morgan fingerprint density at radius 2 is 2.24 bits per heavy atom. The van der Waals surface area contributed by atoms with Crippen molar-refractivity contribution in [1.29, 1.82) is 0 Å². The van der Waals surface area contributed by atoms with E-state index in [-0.39, 0.29) is 0 Å². The highest BCUT2D eigenvalue weighted by Gasteiger charge is 2.15. The molecule has 1 aliphatic heterocycles. The maximum atomic E-state index is 4.77. The van der Waals surface area contributed by atoms with Gasteiger partial charge < -0.3 is 5.32 Å². The van der Waals surface area contributed by atoms with Crippen LogP contribution in [0.15, 0.2) is 24.8 Å². The Labute approximate surface area is 125 Å². The van der Waals surface area contributed by atoms with Crippen LogP contribution in [-0.2, 0) is 6.42 Å². The SMILES string of the molecule is CC(C)n1cc(-c2cncc(CC3CCCNC3)n2)cn1. The molecule has 21 heavy (non-hydrogen) atoms. The second-order valence-corrected chi connectivity index (χ2v) is 6.11. The van der Waals surface area contributed by atoms with E-state index >= 15 is 0 Å². The third-order valence-corrected chi connectivity index (χ3v) is 4.01. The normalized spacial score (nSPS) is 19.1. The molecule has 0 radical (unpaired) electrons. The third kappa shape index (κ3) is 3.47. The van der Waals surface area contributed by atoms with E-state index in [1.54, 1.807) is 0 Å². The van der Waals surface area contributed by atoms with Gasteiger partial charge in [-0.15, -0.1) is 0 Å². The van der Waals surface area contributed by atoms with Crippen LogP contribution in [0.3, 0.4) is 0 Å². The maximum Gasteiger partial charge on any atom is 0.0920 e. The largest absolute Gasteiger partial charge is 0.316 e. The van der Waals surface area contributed by atoms with Gasteiger partial charge in [-0.1, -0.05) is 0 Å². The minimum Gasteiger partial charge on any atom is -0.316 e. The summed E-state index contributed by atoms with van der Waals surface area (Å²) in [7, 11) is 0. The molecular formula is C16H23N5. The van der Waals surface area contributed by atoms with Gasteiger partial charge in [-0.25, -0.2) is 4.98 Å². The fourth-order valence-corrected chi connectivity index (χ4v) is 2.79. The summed E-state index contributed by atoms with van der Waals surface area (Å²) in [6.45, 7) is 6.48. The summed E-state index contributed by atoms with van der Waals surface area (Å²) in [6.07, 6.45) is 11.2. The van der Waals surface area contributed by atoms with Crippen molar-refractivity contribution < 1.29 is 0 Å². The second kappa shape index (κ2) is 6.35. The van der Waals surface area contributed by atoms with Crippen LogP contribution in [0, 0.1) is 5.92 Å². The first-order chi connectivity index (χ1) is 10.2. The third-order valence-electron chi connectivity index (χ3n) is 4.01. The van der Waals surface area contributed by atoms with Gasteiger partial charge in [0.15, 0.2) is 0 Å². The van der Waals surface area contributed by atoms with Crippen molar-refractivity contribution in [2.75, 3.05) is 13.1 Å². The van der Waals surface area contributed by atoms with Crippen LogP contribution < -0.4 is 5.32 Å². The maximum absolute atomic E-state index is 4.77. The standard InChI is InChI=1S/C16H23N5/c1-12(2)21-11-14(8-19-21)16-10-18-9-15(20-16)6-13-4-3-5-17-7-13/h8-13,17H,3-7H2,1-2H3. The van der Waals surface area contributed by atoms with Gasteiger partial charge in [0.2, 0.25) is 0 Å². The predicted octanol–water partition coefficient (Wildman–Crippen LogP) is 2.46. The second-order valence-electron chi connectivity index (χ2n) is 6.11. The Morgan fingerprint density at radius 3 is 2.95 bits per heavy atom. The molecule has 0 bridgehead atoms. The molecule has 1 N–H and O–H groups in total. The predicted molar refractivity (Wildman–Crippen MR) is 82.9 cm³/mol. The van der Waals surface area contributed by atoms with Crippen molar-refractivity contribution >= 4 is 0 Å². The molecule has 2 aromatic rings. The van der Waals surface area contributed by atoms with Crippen molar-refractivity contribution in [2.45, 2.75) is 39.2 Å². The molecule has 0 saturated carbocycles. The molecule has 1 fully saturated rings. The summed E-state index contributed by atoms with van der Waals surface area (Å²) < 4.78 is 1.95. The summed E-state index contributed by atoms with van der Waals surface area (Å²) in [5.41, 5.74) is 3.04. The number of hydrogen-bond donors (Lipinski definition) is 1. The number of nitrogens with zero attached hydrogens (tertiary/aromatic N) is 4. The number of hydrogen-bond acceptors (Lipinski definition) is 4. The van der Waals surface area contributed by atoms with E-state index in [1.807, 2.05) is 29.5 Å². The van der Waals surface area contributed by atoms with E-state index < -0.39 is 0 Å². The number of nitrogens with one attached hydrogen (secondary N) is 1. The van der Waals surface area contributed by atoms with Gasteiger partial charge >= 0.3 is 0 Å². The molecule has 3 heterocycles. The smallest absolute Gasteiger partial charge is 0.0920 e. The minimum atomic E-state index is 0.364. The fraction of sp³-hybridized carbons (Fsp3) is 0.562. The van der Waals surface area contributed by atoms with Gasteiger partial charge in [0.05, 0.1) is 23.8 Å². The quantitative estimate of drug-likeness (QED) is 0.937. The molecular weight excluding hydrogens is 262 g/mol. The molecule has 1 atom stereocenters. The van der Waals surface area contributed by atoms with Crippen LogP contribution in [0.4, 0.5) is 0 Å². The first kappa shape index (κ1) is 14.2. The van der Waals surface area contributed by atoms with Crippen LogP contribution in [-0.4, -0.2) is 32.8 Å². The van der Waals surface area contributed by atoms with E-state index in [4.69, 9.17) is 4.98 Å². The average Bonchev–Trinajstić information content (AvgIpc) is 2.99. The summed E-state index contributed by atoms with van der Waals surface area (Å²) in [4.78, 5) is 9.13. The van der Waals surface area contributed by atoms with Crippen LogP contribution in [0.25, 0.3) is 11.3 Å². The lowest BCUT2D eigenvalue weighted by atomic mass is 9.95. The van der Waals surface area contributed by atoms with Gasteiger partial charge in [-0.2, -0.15) is 5.10 Å². The number of piperidine rings is 1. The first-order valence-electron chi connectivity index (χ1n) is 7.78. The van der Waals surface area contributed by atoms with Crippen LogP contribution in [0.5, 0.6) is 0 Å². The highest BCUT2D eigenvalue weighted by molar-refractivity contribution is 5.55. The van der Waals surface area contributed by atoms with E-state index in [0.29, 0.717) is 12.0 Å². The van der Waals surface area contributed by atoms with Crippen LogP contribution in [0.1, 0.15) is 38.4 Å². The zero-order valence-corrected chi connectivity index (χ0v) is 12.8. The van der Waals surface area contributed by atoms with Crippen LogP contribution >= 0.6 is 0 Å². The highest BCUT2D eigenvalue weighted by atomic mass is 15.3. The Bertz CT molecular complexity index is 584. The average molecular weight is 285 g/mol. The highest BCUT2D eigenvalue weighted by Crippen LogP contribution is 2.19. The molecule has 112 valence electrons. The van der Waals surface area contributed by atoms with E-state index in [9.17, 15) is 0 Å². The van der Waals surface area contributed by atoms with Crippen molar-refractivity contribution in [3.63, 3.8) is 0 Å². The lowest BCUT2D eigenvalue weighted by Gasteiger charge is -2.22. The Kier molecular flexibility index (Phi) is 4.29. The van der Waals surface area contributed by atoms with Gasteiger partial charge in [-0.3, -0.25) is 9.67 Å². The summed E-state index contributed by atoms with van der Waals surface area (Å²) >= 11 is 0. The van der Waals surface area contributed by atoms with E-state index in [1.165, 1.54) is 12.8 Å². The minimum absolute atomic E-state index is 0.364. The molecule has 5 heteroatoms. The van der Waals surface area contributed by atoms with E-state index in [0.717, 1.165) is 36.5 Å². The molecule has 1 unspecified atom stereocenters. The zero-order valence-electron chi connectivity index (χ0n) is 12.8. The van der Waals surface area contributed by atoms with Gasteiger partial charge in [0.25, 0.3) is 0 Å². The lowest BCUT2D eigenvalue weighted by Crippen LogP contribution is -2.31. The van der Waals surface area contributed by atoms with Crippen molar-refractivity contribution in [1.82, 2.24) is 25.1 Å². The van der Waals surface area contributed by atoms with Crippen molar-refractivity contribution in [3.05, 3.63) is 30.5 Å². The molecule has 0 aliphatic carbocycles. The topological polar surface area (TPSA) is 55.6 Å². The molecule has 5 nitrogen and oxygen atoms in total. The molecule has 1 aliphatic rings. The molecule has 2 aromatic heterocycles. The van der Waals surface area contributed by atoms with E-state index in [2.05, 4.69) is 29.2 Å². The molecule has 0 spiro atoms. The summed E-state index contributed by atoms with van der Waals surface area (Å²) in [5.74, 6) is 0.682. The summed E-state index contributed by atoms with van der Waals surface area (Å²) in [6, 6.07) is 0.364. The first-order valence-corrected chi connectivity index (χ1v) is 7.78. The van der Waals surface area contributed by atoms with Crippen LogP contribution in [0.2, 0.25) is 0 Å². The molecule has 0 aromatic carbocycles. The zero-order chi connectivity index (χ0) is 14.7. The number of rotatable bonds is 4.